The lowest BCUT2D eigenvalue weighted by Crippen LogP contribution is -2.36. The molecule has 0 amide bonds. The van der Waals surface area contributed by atoms with Crippen LogP contribution in [0.1, 0.15) is 12.8 Å². The Labute approximate surface area is 72.1 Å². The van der Waals surface area contributed by atoms with E-state index in [0.717, 1.165) is 19.4 Å². The molecule has 1 fully saturated rings. The maximum atomic E-state index is 10.9. The number of ether oxygens (including phenoxy) is 1. The van der Waals surface area contributed by atoms with Gasteiger partial charge in [-0.3, -0.25) is 9.69 Å². The average Bonchev–Trinajstić information content (AvgIpc) is 2.51. The molecule has 1 aliphatic heterocycles. The Morgan fingerprint density at radius 2 is 2.50 bits per heavy atom. The number of aliphatic hydroxyl groups excluding tert-OH is 1. The van der Waals surface area contributed by atoms with Crippen molar-refractivity contribution in [2.45, 2.75) is 18.9 Å². The van der Waals surface area contributed by atoms with Crippen LogP contribution in [-0.4, -0.2) is 48.8 Å². The fourth-order valence-corrected chi connectivity index (χ4v) is 1.54. The van der Waals surface area contributed by atoms with Gasteiger partial charge in [-0.1, -0.05) is 0 Å². The van der Waals surface area contributed by atoms with Gasteiger partial charge < -0.3 is 9.84 Å². The molecule has 1 heterocycles. The molecule has 12 heavy (non-hydrogen) atoms. The zero-order valence-corrected chi connectivity index (χ0v) is 7.32. The molecule has 1 atom stereocenters. The molecule has 1 N–H and O–H groups in total. The van der Waals surface area contributed by atoms with Crippen LogP contribution in [0.2, 0.25) is 0 Å². The van der Waals surface area contributed by atoms with E-state index >= 15 is 0 Å². The van der Waals surface area contributed by atoms with Gasteiger partial charge in [-0.15, -0.1) is 0 Å². The minimum absolute atomic E-state index is 0.136. The Bertz CT molecular complexity index is 160. The highest BCUT2D eigenvalue weighted by Crippen LogP contribution is 2.15. The number of aliphatic hydroxyl groups is 1. The summed E-state index contributed by atoms with van der Waals surface area (Å²) in [5.41, 5.74) is 0. The lowest BCUT2D eigenvalue weighted by Gasteiger charge is -2.20. The van der Waals surface area contributed by atoms with E-state index in [0.29, 0.717) is 6.54 Å². The first kappa shape index (κ1) is 9.48. The number of methoxy groups -OCH3 is 1. The van der Waals surface area contributed by atoms with Crippen molar-refractivity contribution >= 4 is 5.97 Å². The van der Waals surface area contributed by atoms with Gasteiger partial charge in [0.05, 0.1) is 20.3 Å². The molecular weight excluding hydrogens is 158 g/mol. The highest BCUT2D eigenvalue weighted by molar-refractivity contribution is 5.71. The zero-order chi connectivity index (χ0) is 8.97. The Hall–Kier alpha value is -0.610. The molecule has 1 unspecified atom stereocenters. The highest BCUT2D eigenvalue weighted by Gasteiger charge is 2.25. The molecule has 0 bridgehead atoms. The summed E-state index contributed by atoms with van der Waals surface area (Å²) >= 11 is 0. The smallest absolute Gasteiger partial charge is 0.319 e. The summed E-state index contributed by atoms with van der Waals surface area (Å²) in [6.07, 6.45) is 2.04. The quantitative estimate of drug-likeness (QED) is 0.591. The predicted octanol–water partition coefficient (Wildman–Crippen LogP) is -0.384. The summed E-state index contributed by atoms with van der Waals surface area (Å²) in [7, 11) is 1.38. The summed E-state index contributed by atoms with van der Waals surface area (Å²) < 4.78 is 4.54. The summed E-state index contributed by atoms with van der Waals surface area (Å²) in [4.78, 5) is 12.8. The van der Waals surface area contributed by atoms with Gasteiger partial charge in [0.25, 0.3) is 0 Å². The van der Waals surface area contributed by atoms with Crippen LogP contribution >= 0.6 is 0 Å². The van der Waals surface area contributed by atoms with Gasteiger partial charge in [0, 0.05) is 6.04 Å². The van der Waals surface area contributed by atoms with E-state index in [1.54, 1.807) is 0 Å². The molecule has 1 saturated heterocycles. The monoisotopic (exact) mass is 173 g/mol. The van der Waals surface area contributed by atoms with Crippen LogP contribution in [-0.2, 0) is 9.53 Å². The van der Waals surface area contributed by atoms with Crippen LogP contribution < -0.4 is 0 Å². The molecule has 4 nitrogen and oxygen atoms in total. The molecule has 4 heteroatoms. The van der Waals surface area contributed by atoms with Crippen LogP contribution in [0.5, 0.6) is 0 Å². The van der Waals surface area contributed by atoms with Crippen molar-refractivity contribution < 1.29 is 14.6 Å². The second kappa shape index (κ2) is 4.42. The van der Waals surface area contributed by atoms with Crippen molar-refractivity contribution in [3.63, 3.8) is 0 Å². The second-order valence-corrected chi connectivity index (χ2v) is 3.03. The maximum Gasteiger partial charge on any atom is 0.319 e. The van der Waals surface area contributed by atoms with Gasteiger partial charge in [0.1, 0.15) is 0 Å². The van der Waals surface area contributed by atoms with Crippen molar-refractivity contribution in [1.29, 1.82) is 0 Å². The van der Waals surface area contributed by atoms with Gasteiger partial charge in [-0.2, -0.15) is 0 Å². The Balaban J connectivity index is 2.35. The van der Waals surface area contributed by atoms with E-state index in [1.807, 2.05) is 4.90 Å². The van der Waals surface area contributed by atoms with E-state index < -0.39 is 0 Å². The van der Waals surface area contributed by atoms with E-state index in [4.69, 9.17) is 5.11 Å². The lowest BCUT2D eigenvalue weighted by molar-refractivity contribution is -0.142. The Morgan fingerprint density at radius 3 is 3.08 bits per heavy atom. The minimum atomic E-state index is -0.227. The van der Waals surface area contributed by atoms with Crippen LogP contribution in [0.3, 0.4) is 0 Å². The summed E-state index contributed by atoms with van der Waals surface area (Å²) in [6.45, 7) is 1.33. The number of carbonyl (C=O) groups excluding carboxylic acids is 1. The first-order chi connectivity index (χ1) is 5.77. The molecule has 0 spiro atoms. The summed E-state index contributed by atoms with van der Waals surface area (Å²) in [5, 5.41) is 8.93. The van der Waals surface area contributed by atoms with Gasteiger partial charge in [-0.25, -0.2) is 0 Å². The fourth-order valence-electron chi connectivity index (χ4n) is 1.54. The van der Waals surface area contributed by atoms with Gasteiger partial charge >= 0.3 is 5.97 Å². The van der Waals surface area contributed by atoms with Crippen LogP contribution in [0.25, 0.3) is 0 Å². The molecule has 0 aliphatic carbocycles. The van der Waals surface area contributed by atoms with Crippen molar-refractivity contribution in [2.75, 3.05) is 26.8 Å². The third kappa shape index (κ3) is 2.19. The number of nitrogens with zero attached hydrogens (tertiary/aromatic N) is 1. The molecular formula is C8H15NO3. The molecule has 1 aliphatic rings. The first-order valence-corrected chi connectivity index (χ1v) is 4.19. The van der Waals surface area contributed by atoms with Gasteiger partial charge in [-0.05, 0) is 19.4 Å². The van der Waals surface area contributed by atoms with Crippen molar-refractivity contribution in [2.24, 2.45) is 0 Å². The number of hydrogen-bond acceptors (Lipinski definition) is 4. The third-order valence-electron chi connectivity index (χ3n) is 2.27. The molecule has 0 saturated carbocycles. The average molecular weight is 173 g/mol. The Morgan fingerprint density at radius 1 is 1.75 bits per heavy atom. The van der Waals surface area contributed by atoms with E-state index in [1.165, 1.54) is 7.11 Å². The van der Waals surface area contributed by atoms with Crippen LogP contribution in [0.15, 0.2) is 0 Å². The number of carbonyl (C=O) groups is 1. The molecule has 0 aromatic heterocycles. The highest BCUT2D eigenvalue weighted by atomic mass is 16.5. The third-order valence-corrected chi connectivity index (χ3v) is 2.27. The topological polar surface area (TPSA) is 49.8 Å². The molecule has 0 radical (unpaired) electrons. The number of hydrogen-bond donors (Lipinski definition) is 1. The van der Waals surface area contributed by atoms with Gasteiger partial charge in [0.2, 0.25) is 0 Å². The summed E-state index contributed by atoms with van der Waals surface area (Å²) in [6, 6.07) is 0.157. The first-order valence-electron chi connectivity index (χ1n) is 4.19. The van der Waals surface area contributed by atoms with Crippen molar-refractivity contribution in [3.05, 3.63) is 0 Å². The predicted molar refractivity (Wildman–Crippen MR) is 43.7 cm³/mol. The lowest BCUT2D eigenvalue weighted by atomic mass is 10.2. The van der Waals surface area contributed by atoms with Crippen molar-refractivity contribution in [3.8, 4) is 0 Å². The SMILES string of the molecule is COC(=O)CN1CCCC1CO. The fraction of sp³-hybridized carbons (Fsp3) is 0.875. The second-order valence-electron chi connectivity index (χ2n) is 3.03. The van der Waals surface area contributed by atoms with Crippen molar-refractivity contribution in [1.82, 2.24) is 4.90 Å². The van der Waals surface area contributed by atoms with Crippen LogP contribution in [0.4, 0.5) is 0 Å². The van der Waals surface area contributed by atoms with E-state index in [-0.39, 0.29) is 18.6 Å². The minimum Gasteiger partial charge on any atom is -0.468 e. The summed E-state index contributed by atoms with van der Waals surface area (Å²) in [5.74, 6) is -0.227. The normalized spacial score (nSPS) is 24.3. The Kier molecular flexibility index (Phi) is 3.49. The van der Waals surface area contributed by atoms with Gasteiger partial charge in [0.15, 0.2) is 0 Å². The maximum absolute atomic E-state index is 10.9. The zero-order valence-electron chi connectivity index (χ0n) is 7.32. The molecule has 70 valence electrons. The molecule has 0 aromatic carbocycles. The number of esters is 1. The van der Waals surface area contributed by atoms with Crippen LogP contribution in [0, 0.1) is 0 Å². The molecule has 1 rings (SSSR count). The molecule has 0 aromatic rings. The largest absolute Gasteiger partial charge is 0.468 e. The standard InChI is InChI=1S/C8H15NO3/c1-12-8(11)5-9-4-2-3-7(9)6-10/h7,10H,2-6H2,1H3. The van der Waals surface area contributed by atoms with E-state index in [2.05, 4.69) is 4.74 Å². The van der Waals surface area contributed by atoms with E-state index in [9.17, 15) is 4.79 Å². The number of rotatable bonds is 3. The number of likely N-dealkylation sites (tertiary alicyclic amines) is 1.